The predicted octanol–water partition coefficient (Wildman–Crippen LogP) is 1.88. The average molecular weight is 318 g/mol. The molecule has 0 saturated heterocycles. The molecule has 0 spiro atoms. The standard InChI is InChI=1S/C16H16ClN3O2/c17-15-7-6-13-12(18-15)8-9-20(13)14(16(21)19-22)10-11-4-2-1-3-5-11/h1-9,12-14,22H,10H2,(H,19,21). The summed E-state index contributed by atoms with van der Waals surface area (Å²) in [5.41, 5.74) is 2.79. The van der Waals surface area contributed by atoms with Crippen molar-refractivity contribution in [3.63, 3.8) is 0 Å². The van der Waals surface area contributed by atoms with Gasteiger partial charge >= 0.3 is 0 Å². The summed E-state index contributed by atoms with van der Waals surface area (Å²) in [6.45, 7) is 0. The van der Waals surface area contributed by atoms with Crippen LogP contribution >= 0.6 is 11.6 Å². The number of halogens is 1. The van der Waals surface area contributed by atoms with Crippen LogP contribution < -0.4 is 5.48 Å². The molecule has 0 saturated carbocycles. The maximum atomic E-state index is 12.1. The van der Waals surface area contributed by atoms with Gasteiger partial charge in [-0.25, -0.2) is 5.48 Å². The van der Waals surface area contributed by atoms with Crippen LogP contribution in [0.2, 0.25) is 0 Å². The average Bonchev–Trinajstić information content (AvgIpc) is 2.95. The highest BCUT2D eigenvalue weighted by Crippen LogP contribution is 2.27. The lowest BCUT2D eigenvalue weighted by molar-refractivity contribution is -0.134. The number of carbonyl (C=O) groups is 1. The Balaban J connectivity index is 1.83. The Labute approximate surface area is 133 Å². The molecule has 0 radical (unpaired) electrons. The monoisotopic (exact) mass is 317 g/mol. The SMILES string of the molecule is O=C(NO)C(Cc1ccccc1)N1C=CC2N=C(Cl)C=CC21. The minimum Gasteiger partial charge on any atom is -0.357 e. The van der Waals surface area contributed by atoms with Gasteiger partial charge in [-0.2, -0.15) is 0 Å². The number of nitrogens with one attached hydrogen (secondary N) is 1. The summed E-state index contributed by atoms with van der Waals surface area (Å²) >= 11 is 5.92. The molecule has 2 aliphatic rings. The van der Waals surface area contributed by atoms with Crippen molar-refractivity contribution in [1.82, 2.24) is 10.4 Å². The summed E-state index contributed by atoms with van der Waals surface area (Å²) in [6.07, 6.45) is 7.93. The summed E-state index contributed by atoms with van der Waals surface area (Å²) < 4.78 is 0. The number of nitrogens with zero attached hydrogens (tertiary/aromatic N) is 2. The Bertz CT molecular complexity index is 642. The molecule has 0 fully saturated rings. The van der Waals surface area contributed by atoms with Crippen molar-refractivity contribution in [2.75, 3.05) is 0 Å². The van der Waals surface area contributed by atoms with Crippen LogP contribution in [0.1, 0.15) is 5.56 Å². The molecule has 1 amide bonds. The number of benzene rings is 1. The van der Waals surface area contributed by atoms with Crippen LogP contribution in [-0.2, 0) is 11.2 Å². The Kier molecular flexibility index (Phi) is 4.27. The maximum Gasteiger partial charge on any atom is 0.266 e. The molecular formula is C16H16ClN3O2. The van der Waals surface area contributed by atoms with Crippen LogP contribution in [0.3, 0.4) is 0 Å². The molecule has 5 nitrogen and oxygen atoms in total. The third-order valence-corrected chi connectivity index (χ3v) is 4.12. The molecule has 3 unspecified atom stereocenters. The van der Waals surface area contributed by atoms with E-state index in [1.165, 1.54) is 0 Å². The molecule has 0 aromatic heterocycles. The molecule has 0 aliphatic carbocycles. The van der Waals surface area contributed by atoms with Crippen LogP contribution in [0.25, 0.3) is 0 Å². The Morgan fingerprint density at radius 2 is 2.14 bits per heavy atom. The highest BCUT2D eigenvalue weighted by molar-refractivity contribution is 6.68. The summed E-state index contributed by atoms with van der Waals surface area (Å²) in [5, 5.41) is 9.52. The van der Waals surface area contributed by atoms with Gasteiger partial charge in [-0.05, 0) is 23.9 Å². The molecule has 1 aromatic carbocycles. The zero-order chi connectivity index (χ0) is 15.5. The summed E-state index contributed by atoms with van der Waals surface area (Å²) in [7, 11) is 0. The van der Waals surface area contributed by atoms with Crippen LogP contribution in [0.5, 0.6) is 0 Å². The highest BCUT2D eigenvalue weighted by Gasteiger charge is 2.36. The van der Waals surface area contributed by atoms with Gasteiger partial charge in [0, 0.05) is 6.42 Å². The molecule has 1 aromatic rings. The second kappa shape index (κ2) is 6.34. The molecule has 0 bridgehead atoms. The molecule has 3 rings (SSSR count). The number of carbonyl (C=O) groups excluding carboxylic acids is 1. The smallest absolute Gasteiger partial charge is 0.266 e. The number of fused-ring (bicyclic) bond motifs is 1. The Hall–Kier alpha value is -2.11. The lowest BCUT2D eigenvalue weighted by atomic mass is 10.0. The molecular weight excluding hydrogens is 302 g/mol. The van der Waals surface area contributed by atoms with Crippen molar-refractivity contribution in [3.8, 4) is 0 Å². The van der Waals surface area contributed by atoms with Gasteiger partial charge in [0.2, 0.25) is 0 Å². The van der Waals surface area contributed by atoms with Gasteiger partial charge in [-0.1, -0.05) is 48.0 Å². The largest absolute Gasteiger partial charge is 0.357 e. The van der Waals surface area contributed by atoms with Crippen molar-refractivity contribution in [2.45, 2.75) is 24.5 Å². The van der Waals surface area contributed by atoms with E-state index in [2.05, 4.69) is 4.99 Å². The van der Waals surface area contributed by atoms with E-state index in [1.54, 1.807) is 11.6 Å². The first-order valence-corrected chi connectivity index (χ1v) is 7.42. The van der Waals surface area contributed by atoms with Crippen LogP contribution in [0.15, 0.2) is 59.8 Å². The minimum atomic E-state index is -0.518. The number of allylic oxidation sites excluding steroid dienone is 1. The summed E-state index contributed by atoms with van der Waals surface area (Å²) in [6, 6.07) is 9.02. The highest BCUT2D eigenvalue weighted by atomic mass is 35.5. The lowest BCUT2D eigenvalue weighted by Crippen LogP contribution is -2.49. The van der Waals surface area contributed by atoms with Crippen LogP contribution in [0.4, 0.5) is 0 Å². The molecule has 3 atom stereocenters. The van der Waals surface area contributed by atoms with Gasteiger partial charge in [-0.3, -0.25) is 15.0 Å². The summed E-state index contributed by atoms with van der Waals surface area (Å²) in [5.74, 6) is -0.441. The topological polar surface area (TPSA) is 64.9 Å². The third-order valence-electron chi connectivity index (χ3n) is 3.90. The van der Waals surface area contributed by atoms with Gasteiger partial charge in [0.05, 0.1) is 12.1 Å². The number of rotatable bonds is 4. The molecule has 2 N–H and O–H groups in total. The third kappa shape index (κ3) is 2.91. The van der Waals surface area contributed by atoms with Crippen molar-refractivity contribution in [1.29, 1.82) is 0 Å². The maximum absolute atomic E-state index is 12.1. The molecule has 22 heavy (non-hydrogen) atoms. The van der Waals surface area contributed by atoms with Gasteiger partial charge in [-0.15, -0.1) is 0 Å². The second-order valence-electron chi connectivity index (χ2n) is 5.26. The fraction of sp³-hybridized carbons (Fsp3) is 0.250. The quantitative estimate of drug-likeness (QED) is 0.658. The first kappa shape index (κ1) is 14.8. The zero-order valence-electron chi connectivity index (χ0n) is 11.8. The second-order valence-corrected chi connectivity index (χ2v) is 5.65. The number of hydrogen-bond acceptors (Lipinski definition) is 4. The number of dihydropyridines is 1. The van der Waals surface area contributed by atoms with E-state index in [1.807, 2.05) is 53.6 Å². The predicted molar refractivity (Wildman–Crippen MR) is 84.8 cm³/mol. The van der Waals surface area contributed by atoms with E-state index in [0.717, 1.165) is 5.56 Å². The van der Waals surface area contributed by atoms with Gasteiger partial charge in [0.1, 0.15) is 11.2 Å². The van der Waals surface area contributed by atoms with Gasteiger partial charge in [0.25, 0.3) is 5.91 Å². The molecule has 2 heterocycles. The Morgan fingerprint density at radius 3 is 2.86 bits per heavy atom. The fourth-order valence-electron chi connectivity index (χ4n) is 2.83. The van der Waals surface area contributed by atoms with E-state index in [0.29, 0.717) is 11.6 Å². The van der Waals surface area contributed by atoms with Crippen molar-refractivity contribution >= 4 is 22.7 Å². The summed E-state index contributed by atoms with van der Waals surface area (Å²) in [4.78, 5) is 18.4. The molecule has 2 aliphatic heterocycles. The molecule has 114 valence electrons. The van der Waals surface area contributed by atoms with Gasteiger partial charge < -0.3 is 4.90 Å². The van der Waals surface area contributed by atoms with E-state index in [9.17, 15) is 4.79 Å². The van der Waals surface area contributed by atoms with Crippen molar-refractivity contribution in [3.05, 3.63) is 60.3 Å². The van der Waals surface area contributed by atoms with E-state index in [-0.39, 0.29) is 12.1 Å². The van der Waals surface area contributed by atoms with Crippen molar-refractivity contribution in [2.24, 2.45) is 4.99 Å². The number of hydrogen-bond donors (Lipinski definition) is 2. The van der Waals surface area contributed by atoms with E-state index >= 15 is 0 Å². The number of hydroxylamine groups is 1. The zero-order valence-corrected chi connectivity index (χ0v) is 12.5. The van der Waals surface area contributed by atoms with Gasteiger partial charge in [0.15, 0.2) is 0 Å². The fourth-order valence-corrected chi connectivity index (χ4v) is 3.02. The lowest BCUT2D eigenvalue weighted by Gasteiger charge is -2.33. The van der Waals surface area contributed by atoms with Crippen LogP contribution in [-0.4, -0.2) is 39.3 Å². The number of amides is 1. The first-order valence-electron chi connectivity index (χ1n) is 7.04. The minimum absolute atomic E-state index is 0.0616. The van der Waals surface area contributed by atoms with E-state index in [4.69, 9.17) is 16.8 Å². The van der Waals surface area contributed by atoms with Crippen LogP contribution in [0, 0.1) is 0 Å². The number of aliphatic imine (C=N–C) groups is 1. The Morgan fingerprint density at radius 1 is 1.36 bits per heavy atom. The van der Waals surface area contributed by atoms with Crippen molar-refractivity contribution < 1.29 is 10.0 Å². The first-order chi connectivity index (χ1) is 10.7. The van der Waals surface area contributed by atoms with E-state index < -0.39 is 11.9 Å². The normalized spacial score (nSPS) is 23.9. The molecule has 6 heteroatoms.